The van der Waals surface area contributed by atoms with Gasteiger partial charge >= 0.3 is 0 Å². The van der Waals surface area contributed by atoms with Crippen molar-refractivity contribution in [3.8, 4) is 0 Å². The number of aromatic amines is 1. The maximum Gasteiger partial charge on any atom is 0.281 e. The van der Waals surface area contributed by atoms with E-state index in [2.05, 4.69) is 10.2 Å². The lowest BCUT2D eigenvalue weighted by atomic mass is 10.1. The molecule has 1 atom stereocenters. The minimum absolute atomic E-state index is 0.145. The number of nitrogens with zero attached hydrogens (tertiary/aromatic N) is 3. The lowest BCUT2D eigenvalue weighted by Gasteiger charge is -2.20. The predicted octanol–water partition coefficient (Wildman–Crippen LogP) is -0.591. The number of nitrogens with one attached hydrogen (secondary N) is 1. The van der Waals surface area contributed by atoms with Crippen LogP contribution in [0, 0.1) is 0 Å². The van der Waals surface area contributed by atoms with Crippen LogP contribution in [-0.4, -0.2) is 69.1 Å². The third kappa shape index (κ3) is 2.73. The molecule has 114 valence electrons. The van der Waals surface area contributed by atoms with Gasteiger partial charge < -0.3 is 0 Å². The van der Waals surface area contributed by atoms with E-state index in [1.54, 1.807) is 0 Å². The third-order valence-electron chi connectivity index (χ3n) is 3.38. The smallest absolute Gasteiger partial charge is 0.281 e. The standard InChI is InChI=1S/C10H18N4O4S2/c1-13(2)20(17,18)14-5-4-8(7-14)10-9(6-11-12-10)19(3,15)16/h6,8H,4-5,7H2,1-3H3,(H,11,12)/t8-/m0/s1. The molecule has 2 heterocycles. The van der Waals surface area contributed by atoms with Crippen molar-refractivity contribution in [3.05, 3.63) is 11.9 Å². The Labute approximate surface area is 118 Å². The number of sulfone groups is 1. The second-order valence-corrected chi connectivity index (χ2v) is 9.18. The molecule has 1 aliphatic rings. The van der Waals surface area contributed by atoms with Gasteiger partial charge in [0.05, 0.1) is 11.9 Å². The van der Waals surface area contributed by atoms with Gasteiger partial charge in [0.15, 0.2) is 9.84 Å². The van der Waals surface area contributed by atoms with E-state index in [0.717, 1.165) is 10.6 Å². The Bertz CT molecular complexity index is 693. The van der Waals surface area contributed by atoms with Gasteiger partial charge in [-0.15, -0.1) is 0 Å². The van der Waals surface area contributed by atoms with Crippen molar-refractivity contribution in [1.29, 1.82) is 0 Å². The molecule has 0 unspecified atom stereocenters. The topological polar surface area (TPSA) is 103 Å². The average Bonchev–Trinajstić information content (AvgIpc) is 2.96. The van der Waals surface area contributed by atoms with Crippen LogP contribution in [0.4, 0.5) is 0 Å². The molecule has 2 rings (SSSR count). The van der Waals surface area contributed by atoms with Crippen LogP contribution in [0.1, 0.15) is 18.0 Å². The van der Waals surface area contributed by atoms with Crippen LogP contribution in [-0.2, 0) is 20.0 Å². The fraction of sp³-hybridized carbons (Fsp3) is 0.700. The van der Waals surface area contributed by atoms with Gasteiger partial charge in [-0.2, -0.15) is 22.1 Å². The summed E-state index contributed by atoms with van der Waals surface area (Å²) in [7, 11) is -3.89. The van der Waals surface area contributed by atoms with Gasteiger partial charge in [0.2, 0.25) is 0 Å². The van der Waals surface area contributed by atoms with Gasteiger partial charge in [-0.25, -0.2) is 8.42 Å². The summed E-state index contributed by atoms with van der Waals surface area (Å²) >= 11 is 0. The molecule has 0 aliphatic carbocycles. The van der Waals surface area contributed by atoms with Crippen molar-refractivity contribution < 1.29 is 16.8 Å². The van der Waals surface area contributed by atoms with E-state index in [1.807, 2.05) is 0 Å². The van der Waals surface area contributed by atoms with Crippen LogP contribution in [0.25, 0.3) is 0 Å². The van der Waals surface area contributed by atoms with Gasteiger partial charge in [-0.05, 0) is 6.42 Å². The first-order chi connectivity index (χ1) is 9.14. The molecule has 1 saturated heterocycles. The zero-order valence-corrected chi connectivity index (χ0v) is 13.2. The fourth-order valence-electron chi connectivity index (χ4n) is 2.28. The second kappa shape index (κ2) is 5.10. The van der Waals surface area contributed by atoms with E-state index in [4.69, 9.17) is 0 Å². The zero-order chi connectivity index (χ0) is 15.1. The molecule has 0 saturated carbocycles. The molecule has 1 aliphatic heterocycles. The highest BCUT2D eigenvalue weighted by atomic mass is 32.2. The van der Waals surface area contributed by atoms with E-state index >= 15 is 0 Å². The normalized spacial score (nSPS) is 21.7. The van der Waals surface area contributed by atoms with Gasteiger partial charge in [0, 0.05) is 39.4 Å². The first kappa shape index (κ1) is 15.4. The SMILES string of the molecule is CN(C)S(=O)(=O)N1CC[C@H](c2[nH]ncc2S(C)(=O)=O)C1. The first-order valence-electron chi connectivity index (χ1n) is 6.05. The van der Waals surface area contributed by atoms with E-state index in [9.17, 15) is 16.8 Å². The first-order valence-corrected chi connectivity index (χ1v) is 9.34. The van der Waals surface area contributed by atoms with Crippen molar-refractivity contribution in [1.82, 2.24) is 18.8 Å². The molecule has 1 aromatic heterocycles. The Kier molecular flexibility index (Phi) is 3.93. The van der Waals surface area contributed by atoms with Crippen LogP contribution in [0.15, 0.2) is 11.1 Å². The highest BCUT2D eigenvalue weighted by Crippen LogP contribution is 2.31. The third-order valence-corrected chi connectivity index (χ3v) is 6.41. The lowest BCUT2D eigenvalue weighted by Crippen LogP contribution is -2.38. The summed E-state index contributed by atoms with van der Waals surface area (Å²) in [4.78, 5) is 0.145. The number of aromatic nitrogens is 2. The molecule has 0 radical (unpaired) electrons. The number of rotatable bonds is 4. The molecule has 0 amide bonds. The Morgan fingerprint density at radius 2 is 2.00 bits per heavy atom. The highest BCUT2D eigenvalue weighted by Gasteiger charge is 2.36. The van der Waals surface area contributed by atoms with Crippen LogP contribution in [0.3, 0.4) is 0 Å². The quantitative estimate of drug-likeness (QED) is 0.798. The summed E-state index contributed by atoms with van der Waals surface area (Å²) in [6.45, 7) is 0.624. The van der Waals surface area contributed by atoms with Crippen LogP contribution in [0.5, 0.6) is 0 Å². The van der Waals surface area contributed by atoms with E-state index in [1.165, 1.54) is 24.6 Å². The maximum absolute atomic E-state index is 12.0. The molecular formula is C10H18N4O4S2. The minimum Gasteiger partial charge on any atom is -0.281 e. The summed E-state index contributed by atoms with van der Waals surface area (Å²) in [5.41, 5.74) is 0.490. The summed E-state index contributed by atoms with van der Waals surface area (Å²) in [5, 5.41) is 6.46. The molecule has 0 spiro atoms. The summed E-state index contributed by atoms with van der Waals surface area (Å²) in [6.07, 6.45) is 2.95. The number of hydrogen-bond acceptors (Lipinski definition) is 5. The van der Waals surface area contributed by atoms with Crippen LogP contribution < -0.4 is 0 Å². The van der Waals surface area contributed by atoms with Crippen LogP contribution >= 0.6 is 0 Å². The number of hydrogen-bond donors (Lipinski definition) is 1. The molecular weight excluding hydrogens is 304 g/mol. The monoisotopic (exact) mass is 322 g/mol. The van der Waals surface area contributed by atoms with Crippen molar-refractivity contribution in [3.63, 3.8) is 0 Å². The highest BCUT2D eigenvalue weighted by molar-refractivity contribution is 7.90. The zero-order valence-electron chi connectivity index (χ0n) is 11.6. The molecule has 0 bridgehead atoms. The molecule has 8 nitrogen and oxygen atoms in total. The second-order valence-electron chi connectivity index (χ2n) is 5.05. The molecule has 20 heavy (non-hydrogen) atoms. The molecule has 0 aromatic carbocycles. The van der Waals surface area contributed by atoms with Crippen molar-refractivity contribution >= 4 is 20.0 Å². The predicted molar refractivity (Wildman–Crippen MR) is 73.2 cm³/mol. The Balaban J connectivity index is 2.26. The molecule has 1 aromatic rings. The van der Waals surface area contributed by atoms with Gasteiger partial charge in [0.1, 0.15) is 4.90 Å². The number of H-pyrrole nitrogens is 1. The largest absolute Gasteiger partial charge is 0.281 e. The van der Waals surface area contributed by atoms with Crippen molar-refractivity contribution in [2.75, 3.05) is 33.4 Å². The van der Waals surface area contributed by atoms with Crippen LogP contribution in [0.2, 0.25) is 0 Å². The average molecular weight is 322 g/mol. The van der Waals surface area contributed by atoms with E-state index in [-0.39, 0.29) is 17.4 Å². The van der Waals surface area contributed by atoms with Crippen molar-refractivity contribution in [2.24, 2.45) is 0 Å². The molecule has 10 heteroatoms. The lowest BCUT2D eigenvalue weighted by molar-refractivity contribution is 0.418. The van der Waals surface area contributed by atoms with Crippen molar-refractivity contribution in [2.45, 2.75) is 17.2 Å². The van der Waals surface area contributed by atoms with E-state index < -0.39 is 20.0 Å². The Morgan fingerprint density at radius 1 is 1.35 bits per heavy atom. The van der Waals surface area contributed by atoms with Gasteiger partial charge in [-0.1, -0.05) is 0 Å². The molecule has 1 N–H and O–H groups in total. The van der Waals surface area contributed by atoms with Gasteiger partial charge in [0.25, 0.3) is 10.2 Å². The Hall–Kier alpha value is -0.970. The molecule has 1 fully saturated rings. The maximum atomic E-state index is 12.0. The minimum atomic E-state index is -3.47. The Morgan fingerprint density at radius 3 is 2.55 bits per heavy atom. The summed E-state index contributed by atoms with van der Waals surface area (Å²) in [5.74, 6) is -0.183. The summed E-state index contributed by atoms with van der Waals surface area (Å²) in [6, 6.07) is 0. The van der Waals surface area contributed by atoms with Gasteiger partial charge in [-0.3, -0.25) is 5.10 Å². The summed E-state index contributed by atoms with van der Waals surface area (Å²) < 4.78 is 49.9. The van der Waals surface area contributed by atoms with E-state index in [0.29, 0.717) is 18.7 Å². The fourth-order valence-corrected chi connectivity index (χ4v) is 4.30.